The lowest BCUT2D eigenvalue weighted by atomic mass is 10.1. The van der Waals surface area contributed by atoms with Crippen LogP contribution in [0.15, 0.2) is 36.5 Å². The molecular formula is C18H20N4O2. The molecule has 0 radical (unpaired) electrons. The Bertz CT molecular complexity index is 782. The zero-order valence-corrected chi connectivity index (χ0v) is 13.4. The highest BCUT2D eigenvalue weighted by molar-refractivity contribution is 5.84. The fourth-order valence-corrected chi connectivity index (χ4v) is 3.29. The SMILES string of the molecule is O=C(NCc1ccnc2ccccc12)NC1CC(=O)N(C2CC2)C1. The lowest BCUT2D eigenvalue weighted by Crippen LogP contribution is -2.43. The van der Waals surface area contributed by atoms with E-state index in [1.54, 1.807) is 6.20 Å². The summed E-state index contributed by atoms with van der Waals surface area (Å²) in [5.41, 5.74) is 1.94. The molecule has 24 heavy (non-hydrogen) atoms. The third-order valence-corrected chi connectivity index (χ3v) is 4.66. The van der Waals surface area contributed by atoms with Crippen LogP contribution in [0.1, 0.15) is 24.8 Å². The highest BCUT2D eigenvalue weighted by atomic mass is 16.2. The molecule has 1 aliphatic heterocycles. The molecule has 124 valence electrons. The summed E-state index contributed by atoms with van der Waals surface area (Å²) in [6.45, 7) is 1.07. The first-order chi connectivity index (χ1) is 11.7. The average Bonchev–Trinajstić information content (AvgIpc) is 3.36. The number of urea groups is 1. The van der Waals surface area contributed by atoms with Gasteiger partial charge in [-0.15, -0.1) is 0 Å². The van der Waals surface area contributed by atoms with Gasteiger partial charge in [-0.2, -0.15) is 0 Å². The molecule has 4 rings (SSSR count). The standard InChI is InChI=1S/C18H20N4O2/c23-17-9-13(11-22(17)14-5-6-14)21-18(24)20-10-12-7-8-19-16-4-2-1-3-15(12)16/h1-4,7-8,13-14H,5-6,9-11H2,(H2,20,21,24). The summed E-state index contributed by atoms with van der Waals surface area (Å²) in [4.78, 5) is 30.3. The van der Waals surface area contributed by atoms with Gasteiger partial charge in [-0.05, 0) is 30.5 Å². The van der Waals surface area contributed by atoms with Gasteiger partial charge < -0.3 is 15.5 Å². The molecule has 6 heteroatoms. The summed E-state index contributed by atoms with van der Waals surface area (Å²) in [6.07, 6.45) is 4.35. The second kappa shape index (κ2) is 6.11. The number of para-hydroxylation sites is 1. The van der Waals surface area contributed by atoms with Crippen LogP contribution in [0.25, 0.3) is 10.9 Å². The van der Waals surface area contributed by atoms with Gasteiger partial charge in [-0.3, -0.25) is 9.78 Å². The molecular weight excluding hydrogens is 304 g/mol. The van der Waals surface area contributed by atoms with Crippen LogP contribution >= 0.6 is 0 Å². The number of hydrogen-bond donors (Lipinski definition) is 2. The maximum Gasteiger partial charge on any atom is 0.315 e. The Balaban J connectivity index is 1.34. The number of nitrogens with one attached hydrogen (secondary N) is 2. The number of carbonyl (C=O) groups is 2. The van der Waals surface area contributed by atoms with Crippen molar-refractivity contribution in [1.29, 1.82) is 0 Å². The highest BCUT2D eigenvalue weighted by Crippen LogP contribution is 2.30. The normalized spacial score (nSPS) is 20.4. The van der Waals surface area contributed by atoms with Crippen LogP contribution in [-0.4, -0.2) is 40.5 Å². The van der Waals surface area contributed by atoms with Crippen LogP contribution in [-0.2, 0) is 11.3 Å². The largest absolute Gasteiger partial charge is 0.338 e. The first-order valence-electron chi connectivity index (χ1n) is 8.37. The summed E-state index contributed by atoms with van der Waals surface area (Å²) >= 11 is 0. The predicted molar refractivity (Wildman–Crippen MR) is 90.3 cm³/mol. The third-order valence-electron chi connectivity index (χ3n) is 4.66. The second-order valence-electron chi connectivity index (χ2n) is 6.49. The summed E-state index contributed by atoms with van der Waals surface area (Å²) in [5, 5.41) is 6.84. The molecule has 2 aromatic rings. The average molecular weight is 324 g/mol. The van der Waals surface area contributed by atoms with E-state index in [2.05, 4.69) is 15.6 Å². The van der Waals surface area contributed by atoms with Gasteiger partial charge in [0.25, 0.3) is 0 Å². The number of carbonyl (C=O) groups excluding carboxylic acids is 2. The van der Waals surface area contributed by atoms with E-state index in [-0.39, 0.29) is 18.0 Å². The summed E-state index contributed by atoms with van der Waals surface area (Å²) in [5.74, 6) is 0.155. The number of aromatic nitrogens is 1. The van der Waals surface area contributed by atoms with E-state index in [0.717, 1.165) is 29.3 Å². The maximum absolute atomic E-state index is 12.1. The number of benzene rings is 1. The van der Waals surface area contributed by atoms with Crippen molar-refractivity contribution in [2.75, 3.05) is 6.54 Å². The minimum Gasteiger partial charge on any atom is -0.338 e. The zero-order chi connectivity index (χ0) is 16.5. The van der Waals surface area contributed by atoms with Crippen molar-refractivity contribution in [2.45, 2.75) is 37.9 Å². The lowest BCUT2D eigenvalue weighted by Gasteiger charge is -2.16. The molecule has 0 spiro atoms. The van der Waals surface area contributed by atoms with Gasteiger partial charge >= 0.3 is 6.03 Å². The van der Waals surface area contributed by atoms with Gasteiger partial charge in [0.05, 0.1) is 11.6 Å². The van der Waals surface area contributed by atoms with Gasteiger partial charge in [-0.1, -0.05) is 18.2 Å². The molecule has 0 bridgehead atoms. The first-order valence-corrected chi connectivity index (χ1v) is 8.37. The number of amides is 3. The van der Waals surface area contributed by atoms with Crippen molar-refractivity contribution < 1.29 is 9.59 Å². The molecule has 1 aromatic carbocycles. The number of rotatable bonds is 4. The fourth-order valence-electron chi connectivity index (χ4n) is 3.29. The van der Waals surface area contributed by atoms with Crippen LogP contribution in [0.4, 0.5) is 4.79 Å². The van der Waals surface area contributed by atoms with Gasteiger partial charge in [0.15, 0.2) is 0 Å². The maximum atomic E-state index is 12.1. The summed E-state index contributed by atoms with van der Waals surface area (Å²) in [6, 6.07) is 9.87. The molecule has 6 nitrogen and oxygen atoms in total. The van der Waals surface area contributed by atoms with Crippen LogP contribution in [0.5, 0.6) is 0 Å². The molecule has 1 aromatic heterocycles. The van der Waals surface area contributed by atoms with Crippen LogP contribution in [0.2, 0.25) is 0 Å². The Kier molecular flexibility index (Phi) is 3.80. The van der Waals surface area contributed by atoms with Crippen molar-refractivity contribution in [1.82, 2.24) is 20.5 Å². The number of pyridine rings is 1. The van der Waals surface area contributed by atoms with Gasteiger partial charge in [0.2, 0.25) is 5.91 Å². The van der Waals surface area contributed by atoms with Gasteiger partial charge in [-0.25, -0.2) is 4.79 Å². The van der Waals surface area contributed by atoms with Crippen LogP contribution in [0.3, 0.4) is 0 Å². The minimum absolute atomic E-state index is 0.0905. The van der Waals surface area contributed by atoms with Crippen molar-refractivity contribution in [3.8, 4) is 0 Å². The molecule has 1 atom stereocenters. The predicted octanol–water partition coefficient (Wildman–Crippen LogP) is 1.80. The quantitative estimate of drug-likeness (QED) is 0.900. The molecule has 3 amide bonds. The smallest absolute Gasteiger partial charge is 0.315 e. The number of hydrogen-bond acceptors (Lipinski definition) is 3. The molecule has 2 fully saturated rings. The van der Waals surface area contributed by atoms with E-state index < -0.39 is 0 Å². The second-order valence-corrected chi connectivity index (χ2v) is 6.49. The van der Waals surface area contributed by atoms with Crippen molar-refractivity contribution in [3.63, 3.8) is 0 Å². The van der Waals surface area contributed by atoms with Crippen molar-refractivity contribution in [2.24, 2.45) is 0 Å². The number of likely N-dealkylation sites (tertiary alicyclic amines) is 1. The Labute approximate surface area is 140 Å². The molecule has 2 aliphatic rings. The number of fused-ring (bicyclic) bond motifs is 1. The molecule has 1 aliphatic carbocycles. The molecule has 1 saturated heterocycles. The van der Waals surface area contributed by atoms with E-state index >= 15 is 0 Å². The fraction of sp³-hybridized carbons (Fsp3) is 0.389. The molecule has 1 saturated carbocycles. The lowest BCUT2D eigenvalue weighted by molar-refractivity contribution is -0.128. The third kappa shape index (κ3) is 3.04. The van der Waals surface area contributed by atoms with Crippen LogP contribution < -0.4 is 10.6 Å². The van der Waals surface area contributed by atoms with Crippen LogP contribution in [0, 0.1) is 0 Å². The molecule has 2 N–H and O–H groups in total. The van der Waals surface area contributed by atoms with Crippen molar-refractivity contribution in [3.05, 3.63) is 42.1 Å². The van der Waals surface area contributed by atoms with E-state index in [4.69, 9.17) is 0 Å². The Morgan fingerprint density at radius 3 is 2.92 bits per heavy atom. The Morgan fingerprint density at radius 2 is 2.08 bits per heavy atom. The highest BCUT2D eigenvalue weighted by Gasteiger charge is 2.39. The number of nitrogens with zero attached hydrogens (tertiary/aromatic N) is 2. The Hall–Kier alpha value is -2.63. The first kappa shape index (κ1) is 14.9. The topological polar surface area (TPSA) is 74.3 Å². The summed E-state index contributed by atoms with van der Waals surface area (Å²) in [7, 11) is 0. The van der Waals surface area contributed by atoms with Crippen molar-refractivity contribution >= 4 is 22.8 Å². The molecule has 1 unspecified atom stereocenters. The van der Waals surface area contributed by atoms with E-state index in [1.165, 1.54) is 0 Å². The minimum atomic E-state index is -0.230. The van der Waals surface area contributed by atoms with E-state index in [0.29, 0.717) is 25.6 Å². The molecule has 2 heterocycles. The van der Waals surface area contributed by atoms with E-state index in [1.807, 2.05) is 35.2 Å². The monoisotopic (exact) mass is 324 g/mol. The Morgan fingerprint density at radius 1 is 1.25 bits per heavy atom. The van der Waals surface area contributed by atoms with Gasteiger partial charge in [0, 0.05) is 37.1 Å². The zero-order valence-electron chi connectivity index (χ0n) is 13.4. The summed E-state index contributed by atoms with van der Waals surface area (Å²) < 4.78 is 0. The van der Waals surface area contributed by atoms with Gasteiger partial charge in [0.1, 0.15) is 0 Å². The van der Waals surface area contributed by atoms with E-state index in [9.17, 15) is 9.59 Å².